The average Bonchev–Trinajstić information content (AvgIpc) is 2.47. The van der Waals surface area contributed by atoms with Gasteiger partial charge in [-0.3, -0.25) is 0 Å². The van der Waals surface area contributed by atoms with Crippen molar-refractivity contribution in [1.82, 2.24) is 0 Å². The smallest absolute Gasteiger partial charge is 0.238 e. The summed E-state index contributed by atoms with van der Waals surface area (Å²) in [6.07, 6.45) is -4.26. The minimum Gasteiger partial charge on any atom is -0.238 e. The quantitative estimate of drug-likeness (QED) is 0.561. The Morgan fingerprint density at radius 3 is 2.23 bits per heavy atom. The number of nitriles is 2. The van der Waals surface area contributed by atoms with E-state index in [9.17, 15) is 13.2 Å². The first-order valence-corrected chi connectivity index (χ1v) is 2.98. The third-order valence-electron chi connectivity index (χ3n) is 1.32. The van der Waals surface area contributed by atoms with Crippen molar-refractivity contribution in [2.24, 2.45) is 9.98 Å². The summed E-state index contributed by atoms with van der Waals surface area (Å²) in [6, 6.07) is 2.29. The molecule has 1 rings (SSSR count). The minimum absolute atomic E-state index is 0.501. The molecule has 0 N–H and O–H groups in total. The summed E-state index contributed by atoms with van der Waals surface area (Å²) in [6.45, 7) is 0. The molecule has 1 aliphatic heterocycles. The van der Waals surface area contributed by atoms with E-state index in [2.05, 4.69) is 9.98 Å². The van der Waals surface area contributed by atoms with Crippen LogP contribution in [0.4, 0.5) is 13.2 Å². The Hall–Kier alpha value is -1.89. The number of hydrogen-bond acceptors (Lipinski definition) is 4. The lowest BCUT2D eigenvalue weighted by Gasteiger charge is -2.16. The zero-order valence-corrected chi connectivity index (χ0v) is 6.00. The maximum Gasteiger partial charge on any atom is 0.448 e. The summed E-state index contributed by atoms with van der Waals surface area (Å²) in [7, 11) is 0. The van der Waals surface area contributed by atoms with Crippen LogP contribution in [-0.2, 0) is 0 Å². The Labute approximate surface area is 70.6 Å². The van der Waals surface area contributed by atoms with Crippen molar-refractivity contribution < 1.29 is 13.2 Å². The molecule has 0 spiro atoms. The SMILES string of the molecule is N#CC1=NC(C#N)(C(F)(F)F)N=C1. The number of hydrogen-bond donors (Lipinski definition) is 0. The predicted octanol–water partition coefficient (Wildman–Crippen LogP) is 0.818. The highest BCUT2D eigenvalue weighted by atomic mass is 19.4. The molecule has 0 saturated heterocycles. The zero-order chi connectivity index (χ0) is 10.1. The Balaban J connectivity index is 3.19. The third kappa shape index (κ3) is 1.25. The molecule has 0 fully saturated rings. The molecule has 1 heterocycles. The molecule has 1 atom stereocenters. The van der Waals surface area contributed by atoms with Crippen molar-refractivity contribution >= 4 is 11.9 Å². The molecule has 0 aliphatic carbocycles. The number of aliphatic imine (C=N–C) groups is 2. The van der Waals surface area contributed by atoms with Crippen molar-refractivity contribution in [2.75, 3.05) is 0 Å². The molecule has 0 saturated carbocycles. The van der Waals surface area contributed by atoms with Crippen LogP contribution in [0.5, 0.6) is 0 Å². The maximum absolute atomic E-state index is 12.2. The Kier molecular flexibility index (Phi) is 1.81. The topological polar surface area (TPSA) is 72.3 Å². The molecule has 13 heavy (non-hydrogen) atoms. The van der Waals surface area contributed by atoms with Crippen molar-refractivity contribution in [3.05, 3.63) is 0 Å². The van der Waals surface area contributed by atoms with Gasteiger partial charge >= 0.3 is 11.8 Å². The highest BCUT2D eigenvalue weighted by Crippen LogP contribution is 2.36. The largest absolute Gasteiger partial charge is 0.448 e. The predicted molar refractivity (Wildman–Crippen MR) is 35.9 cm³/mol. The van der Waals surface area contributed by atoms with Crippen LogP contribution in [0.3, 0.4) is 0 Å². The van der Waals surface area contributed by atoms with Gasteiger partial charge in [-0.1, -0.05) is 0 Å². The minimum atomic E-state index is -4.89. The summed E-state index contributed by atoms with van der Waals surface area (Å²) in [5.74, 6) is 0. The van der Waals surface area contributed by atoms with E-state index in [4.69, 9.17) is 10.5 Å². The van der Waals surface area contributed by atoms with Crippen LogP contribution < -0.4 is 0 Å². The number of halogens is 3. The summed E-state index contributed by atoms with van der Waals surface area (Å²) in [4.78, 5) is 5.75. The van der Waals surface area contributed by atoms with Gasteiger partial charge in [0.15, 0.2) is 5.71 Å². The van der Waals surface area contributed by atoms with E-state index in [0.717, 1.165) is 6.07 Å². The standard InChI is InChI=1S/C6HF3N4/c7-6(8,9)5(3-11)12-2-4(1-10)13-5/h2H. The van der Waals surface area contributed by atoms with Crippen molar-refractivity contribution in [1.29, 1.82) is 10.5 Å². The maximum atomic E-state index is 12.2. The molecule has 0 radical (unpaired) electrons. The second-order valence-corrected chi connectivity index (χ2v) is 2.15. The van der Waals surface area contributed by atoms with Gasteiger partial charge in [0.25, 0.3) is 0 Å². The molecular weight excluding hydrogens is 185 g/mol. The summed E-state index contributed by atoms with van der Waals surface area (Å²) < 4.78 is 36.5. The fourth-order valence-corrected chi connectivity index (χ4v) is 0.694. The highest BCUT2D eigenvalue weighted by Gasteiger charge is 2.58. The van der Waals surface area contributed by atoms with Crippen LogP contribution in [-0.4, -0.2) is 23.8 Å². The Morgan fingerprint density at radius 2 is 2.00 bits per heavy atom. The number of rotatable bonds is 0. The highest BCUT2D eigenvalue weighted by molar-refractivity contribution is 6.39. The van der Waals surface area contributed by atoms with Gasteiger partial charge in [0.2, 0.25) is 0 Å². The van der Waals surface area contributed by atoms with E-state index in [1.165, 1.54) is 6.07 Å². The van der Waals surface area contributed by atoms with Crippen LogP contribution in [0, 0.1) is 22.7 Å². The lowest BCUT2D eigenvalue weighted by atomic mass is 10.2. The molecule has 1 unspecified atom stereocenters. The first-order chi connectivity index (χ1) is 5.95. The van der Waals surface area contributed by atoms with E-state index in [0.29, 0.717) is 6.21 Å². The van der Waals surface area contributed by atoms with Gasteiger partial charge in [-0.05, 0) is 0 Å². The molecule has 0 aromatic heterocycles. The van der Waals surface area contributed by atoms with Crippen LogP contribution in [0.15, 0.2) is 9.98 Å². The summed E-state index contributed by atoms with van der Waals surface area (Å²) in [5, 5.41) is 16.5. The summed E-state index contributed by atoms with van der Waals surface area (Å²) >= 11 is 0. The first kappa shape index (κ1) is 9.20. The lowest BCUT2D eigenvalue weighted by Crippen LogP contribution is -2.38. The molecule has 1 aliphatic rings. The second-order valence-electron chi connectivity index (χ2n) is 2.15. The molecule has 0 aromatic carbocycles. The van der Waals surface area contributed by atoms with E-state index >= 15 is 0 Å². The van der Waals surface area contributed by atoms with Crippen LogP contribution in [0.25, 0.3) is 0 Å². The van der Waals surface area contributed by atoms with Crippen molar-refractivity contribution in [3.8, 4) is 12.1 Å². The van der Waals surface area contributed by atoms with Gasteiger partial charge in [0.1, 0.15) is 12.1 Å². The molecule has 0 bridgehead atoms. The first-order valence-electron chi connectivity index (χ1n) is 2.98. The van der Waals surface area contributed by atoms with Crippen molar-refractivity contribution in [3.63, 3.8) is 0 Å². The zero-order valence-electron chi connectivity index (χ0n) is 6.00. The van der Waals surface area contributed by atoms with Crippen molar-refractivity contribution in [2.45, 2.75) is 11.8 Å². The van der Waals surface area contributed by atoms with Gasteiger partial charge in [-0.2, -0.15) is 23.7 Å². The van der Waals surface area contributed by atoms with Crippen LogP contribution in [0.2, 0.25) is 0 Å². The van der Waals surface area contributed by atoms with Crippen LogP contribution in [0.1, 0.15) is 0 Å². The second kappa shape index (κ2) is 2.56. The van der Waals surface area contributed by atoms with Gasteiger partial charge < -0.3 is 0 Å². The Morgan fingerprint density at radius 1 is 1.38 bits per heavy atom. The fraction of sp³-hybridized carbons (Fsp3) is 0.333. The molecule has 0 aromatic rings. The van der Waals surface area contributed by atoms with Gasteiger partial charge in [0, 0.05) is 0 Å². The molecule has 0 amide bonds. The van der Waals surface area contributed by atoms with E-state index in [1.54, 1.807) is 0 Å². The molecule has 66 valence electrons. The van der Waals surface area contributed by atoms with Gasteiger partial charge in [-0.25, -0.2) is 9.98 Å². The lowest BCUT2D eigenvalue weighted by molar-refractivity contribution is -0.165. The molecule has 4 nitrogen and oxygen atoms in total. The van der Waals surface area contributed by atoms with Gasteiger partial charge in [0.05, 0.1) is 6.21 Å². The number of nitrogens with zero attached hydrogens (tertiary/aromatic N) is 4. The number of alkyl halides is 3. The van der Waals surface area contributed by atoms with E-state index in [1.807, 2.05) is 0 Å². The Bertz CT molecular complexity index is 367. The fourth-order valence-electron chi connectivity index (χ4n) is 0.694. The normalized spacial score (nSPS) is 26.4. The molecule has 7 heteroatoms. The summed E-state index contributed by atoms with van der Waals surface area (Å²) in [5.41, 5.74) is -3.61. The van der Waals surface area contributed by atoms with E-state index in [-0.39, 0.29) is 0 Å². The molecular formula is C6HF3N4. The van der Waals surface area contributed by atoms with Gasteiger partial charge in [-0.15, -0.1) is 0 Å². The third-order valence-corrected chi connectivity index (χ3v) is 1.32. The monoisotopic (exact) mass is 186 g/mol. The van der Waals surface area contributed by atoms with Crippen LogP contribution >= 0.6 is 0 Å². The average molecular weight is 186 g/mol. The van der Waals surface area contributed by atoms with E-state index < -0.39 is 17.6 Å².